The Morgan fingerprint density at radius 1 is 1.11 bits per heavy atom. The molecule has 37 heavy (non-hydrogen) atoms. The Morgan fingerprint density at radius 3 is 2.46 bits per heavy atom. The SMILES string of the molecule is CN(C(CCN1C(=O)N=C2N=CC=NC2C1=O)C(=O)NO)S(=O)(=O)c1ccc(Oc2ccccc2)cc1. The lowest BCUT2D eigenvalue weighted by Crippen LogP contribution is -2.52. The van der Waals surface area contributed by atoms with Gasteiger partial charge in [-0.1, -0.05) is 18.2 Å². The second-order valence-electron chi connectivity index (χ2n) is 7.91. The summed E-state index contributed by atoms with van der Waals surface area (Å²) in [5, 5.41) is 9.22. The lowest BCUT2D eigenvalue weighted by Gasteiger charge is -2.30. The first-order valence-corrected chi connectivity index (χ1v) is 12.4. The van der Waals surface area contributed by atoms with Gasteiger partial charge in [-0.3, -0.25) is 24.7 Å². The Kier molecular flexibility index (Phi) is 7.52. The monoisotopic (exact) mass is 526 g/mol. The fourth-order valence-corrected chi connectivity index (χ4v) is 5.03. The summed E-state index contributed by atoms with van der Waals surface area (Å²) >= 11 is 0. The number of amidine groups is 1. The number of para-hydroxylation sites is 1. The number of likely N-dealkylation sites (N-methyl/N-ethyl adjacent to an activating group) is 1. The molecule has 2 aromatic carbocycles. The molecule has 2 aliphatic heterocycles. The average molecular weight is 527 g/mol. The Balaban J connectivity index is 1.49. The lowest BCUT2D eigenvalue weighted by atomic mass is 10.1. The second kappa shape index (κ2) is 10.8. The van der Waals surface area contributed by atoms with Gasteiger partial charge in [-0.15, -0.1) is 0 Å². The predicted molar refractivity (Wildman–Crippen MR) is 132 cm³/mol. The van der Waals surface area contributed by atoms with Gasteiger partial charge in [0.05, 0.1) is 4.90 Å². The number of carbonyl (C=O) groups is 3. The molecule has 0 aromatic heterocycles. The van der Waals surface area contributed by atoms with Crippen LogP contribution < -0.4 is 10.2 Å². The standard InChI is InChI=1S/C23H22N6O7S/c1-28(37(34,35)17-9-7-16(8-10-17)36-15-5-3-2-4-6-15)18(21(30)27-33)11-14-29-22(31)19-20(26-23(29)32)25-13-12-24-19/h2-10,12-13,18-19,33H,11,14H2,1H3,(H,27,30). The van der Waals surface area contributed by atoms with Gasteiger partial charge in [-0.2, -0.15) is 9.30 Å². The van der Waals surface area contributed by atoms with E-state index in [-0.39, 0.29) is 23.7 Å². The van der Waals surface area contributed by atoms with Crippen LogP contribution in [-0.4, -0.2) is 84.6 Å². The topological polar surface area (TPSA) is 170 Å². The molecule has 2 aliphatic rings. The van der Waals surface area contributed by atoms with E-state index in [9.17, 15) is 28.0 Å². The first kappa shape index (κ1) is 25.8. The van der Waals surface area contributed by atoms with Crippen molar-refractivity contribution in [2.45, 2.75) is 23.4 Å². The third-order valence-electron chi connectivity index (χ3n) is 5.65. The van der Waals surface area contributed by atoms with Gasteiger partial charge in [0.2, 0.25) is 10.0 Å². The minimum atomic E-state index is -4.23. The third-order valence-corrected chi connectivity index (χ3v) is 7.53. The van der Waals surface area contributed by atoms with Crippen molar-refractivity contribution in [3.8, 4) is 11.5 Å². The van der Waals surface area contributed by atoms with Gasteiger partial charge in [0.15, 0.2) is 11.9 Å². The number of aliphatic imine (C=N–C) groups is 3. The number of carbonyl (C=O) groups excluding carboxylic acids is 3. The Bertz CT molecular complexity index is 1390. The van der Waals surface area contributed by atoms with Gasteiger partial charge in [-0.25, -0.2) is 23.7 Å². The molecule has 2 atom stereocenters. The van der Waals surface area contributed by atoms with E-state index in [1.807, 2.05) is 6.07 Å². The van der Waals surface area contributed by atoms with Crippen LogP contribution in [0, 0.1) is 0 Å². The van der Waals surface area contributed by atoms with E-state index in [4.69, 9.17) is 4.74 Å². The number of nitrogens with one attached hydrogen (secondary N) is 1. The number of amides is 4. The highest BCUT2D eigenvalue weighted by atomic mass is 32.2. The minimum Gasteiger partial charge on any atom is -0.457 e. The Hall–Kier alpha value is -4.27. The van der Waals surface area contributed by atoms with Crippen LogP contribution in [0.3, 0.4) is 0 Å². The molecule has 0 aliphatic carbocycles. The summed E-state index contributed by atoms with van der Waals surface area (Å²) in [4.78, 5) is 49.7. The molecule has 0 bridgehead atoms. The van der Waals surface area contributed by atoms with Crippen molar-refractivity contribution in [3.05, 3.63) is 54.6 Å². The number of nitrogens with zero attached hydrogens (tertiary/aromatic N) is 5. The van der Waals surface area contributed by atoms with Crippen LogP contribution in [0.4, 0.5) is 4.79 Å². The predicted octanol–water partition coefficient (Wildman–Crippen LogP) is 1.25. The highest BCUT2D eigenvalue weighted by Crippen LogP contribution is 2.25. The zero-order valence-electron chi connectivity index (χ0n) is 19.5. The molecular weight excluding hydrogens is 504 g/mol. The lowest BCUT2D eigenvalue weighted by molar-refractivity contribution is -0.134. The molecule has 13 nitrogen and oxygen atoms in total. The highest BCUT2D eigenvalue weighted by molar-refractivity contribution is 7.89. The first-order valence-electron chi connectivity index (χ1n) is 11.0. The quantitative estimate of drug-likeness (QED) is 0.366. The van der Waals surface area contributed by atoms with Gasteiger partial charge in [0.1, 0.15) is 17.5 Å². The van der Waals surface area contributed by atoms with Gasteiger partial charge in [0.25, 0.3) is 11.8 Å². The number of sulfonamides is 1. The van der Waals surface area contributed by atoms with Gasteiger partial charge < -0.3 is 4.74 Å². The number of imide groups is 1. The molecule has 0 spiro atoms. The zero-order valence-corrected chi connectivity index (χ0v) is 20.3. The van der Waals surface area contributed by atoms with Crippen LogP contribution in [0.25, 0.3) is 0 Å². The normalized spacial score (nSPS) is 17.9. The van der Waals surface area contributed by atoms with Crippen molar-refractivity contribution in [2.75, 3.05) is 13.6 Å². The van der Waals surface area contributed by atoms with Crippen molar-refractivity contribution in [1.82, 2.24) is 14.7 Å². The Labute approximate surface area is 211 Å². The van der Waals surface area contributed by atoms with Gasteiger partial charge in [0, 0.05) is 26.0 Å². The molecular formula is C23H22N6O7S. The van der Waals surface area contributed by atoms with Crippen molar-refractivity contribution >= 4 is 46.1 Å². The number of fused-ring (bicyclic) bond motifs is 1. The van der Waals surface area contributed by atoms with Crippen LogP contribution >= 0.6 is 0 Å². The molecule has 2 aromatic rings. The number of hydrogen-bond acceptors (Lipinski definition) is 9. The summed E-state index contributed by atoms with van der Waals surface area (Å²) in [6.45, 7) is -0.355. The number of hydrogen-bond donors (Lipinski definition) is 2. The van der Waals surface area contributed by atoms with Crippen LogP contribution in [-0.2, 0) is 19.6 Å². The van der Waals surface area contributed by atoms with E-state index in [1.165, 1.54) is 42.2 Å². The van der Waals surface area contributed by atoms with E-state index in [0.29, 0.717) is 11.5 Å². The first-order chi connectivity index (χ1) is 17.7. The fourth-order valence-electron chi connectivity index (χ4n) is 3.68. The van der Waals surface area contributed by atoms with E-state index < -0.39 is 40.0 Å². The molecule has 0 saturated heterocycles. The number of urea groups is 1. The van der Waals surface area contributed by atoms with Crippen molar-refractivity contribution in [1.29, 1.82) is 0 Å². The maximum absolute atomic E-state index is 13.3. The summed E-state index contributed by atoms with van der Waals surface area (Å²) < 4.78 is 32.9. The highest BCUT2D eigenvalue weighted by Gasteiger charge is 2.40. The number of hydroxylamine groups is 1. The molecule has 192 valence electrons. The maximum Gasteiger partial charge on any atom is 0.352 e. The van der Waals surface area contributed by atoms with Gasteiger partial charge in [-0.05, 0) is 42.8 Å². The second-order valence-corrected chi connectivity index (χ2v) is 9.91. The summed E-state index contributed by atoms with van der Waals surface area (Å²) in [7, 11) is -3.08. The van der Waals surface area contributed by atoms with E-state index in [1.54, 1.807) is 24.3 Å². The molecule has 2 N–H and O–H groups in total. The number of benzene rings is 2. The van der Waals surface area contributed by atoms with E-state index in [0.717, 1.165) is 16.3 Å². The maximum atomic E-state index is 13.3. The van der Waals surface area contributed by atoms with Gasteiger partial charge >= 0.3 is 6.03 Å². The molecule has 4 amide bonds. The average Bonchev–Trinajstić information content (AvgIpc) is 2.91. The van der Waals surface area contributed by atoms with Crippen LogP contribution in [0.15, 0.2) is 74.5 Å². The number of ether oxygens (including phenoxy) is 1. The zero-order chi connectivity index (χ0) is 26.6. The molecule has 14 heteroatoms. The number of rotatable bonds is 9. The van der Waals surface area contributed by atoms with Crippen LogP contribution in [0.1, 0.15) is 6.42 Å². The van der Waals surface area contributed by atoms with Crippen molar-refractivity contribution in [2.24, 2.45) is 15.0 Å². The summed E-state index contributed by atoms with van der Waals surface area (Å²) in [5.74, 6) is -0.826. The molecule has 0 saturated carbocycles. The van der Waals surface area contributed by atoms with Crippen molar-refractivity contribution < 1.29 is 32.7 Å². The van der Waals surface area contributed by atoms with Crippen LogP contribution in [0.5, 0.6) is 11.5 Å². The molecule has 4 rings (SSSR count). The largest absolute Gasteiger partial charge is 0.457 e. The summed E-state index contributed by atoms with van der Waals surface area (Å²) in [5.41, 5.74) is 1.44. The van der Waals surface area contributed by atoms with Crippen molar-refractivity contribution in [3.63, 3.8) is 0 Å². The third kappa shape index (κ3) is 5.45. The summed E-state index contributed by atoms with van der Waals surface area (Å²) in [6, 6.07) is 11.0. The Morgan fingerprint density at radius 2 is 1.78 bits per heavy atom. The molecule has 2 unspecified atom stereocenters. The minimum absolute atomic E-state index is 0.0437. The molecule has 2 heterocycles. The van der Waals surface area contributed by atoms with E-state index >= 15 is 0 Å². The smallest absolute Gasteiger partial charge is 0.352 e. The molecule has 0 radical (unpaired) electrons. The fraction of sp³-hybridized carbons (Fsp3) is 0.217. The van der Waals surface area contributed by atoms with E-state index in [2.05, 4.69) is 15.0 Å². The molecule has 0 fully saturated rings. The van der Waals surface area contributed by atoms with Crippen LogP contribution in [0.2, 0.25) is 0 Å². The summed E-state index contributed by atoms with van der Waals surface area (Å²) in [6.07, 6.45) is 2.28.